The number of hydrogen-bond donors (Lipinski definition) is 2. The van der Waals surface area contributed by atoms with Crippen molar-refractivity contribution >= 4 is 12.2 Å². The first-order chi connectivity index (χ1) is 7.88. The van der Waals surface area contributed by atoms with Crippen LogP contribution in [-0.4, -0.2) is 16.7 Å². The zero-order valence-corrected chi connectivity index (χ0v) is 10.2. The molecule has 0 aromatic heterocycles. The number of alkyl carbamates (subject to hydrolysis) is 1. The molecule has 1 rings (SSSR count). The highest BCUT2D eigenvalue weighted by Crippen LogP contribution is 2.16. The molecule has 1 aromatic rings. The minimum Gasteiger partial charge on any atom is -0.507 e. The Kier molecular flexibility index (Phi) is 4.15. The molecule has 0 unspecified atom stereocenters. The van der Waals surface area contributed by atoms with Crippen molar-refractivity contribution in [2.24, 2.45) is 0 Å². The van der Waals surface area contributed by atoms with Crippen molar-refractivity contribution < 1.29 is 14.6 Å². The Morgan fingerprint density at radius 1 is 1.35 bits per heavy atom. The summed E-state index contributed by atoms with van der Waals surface area (Å²) in [6.45, 7) is 5.59. The third kappa shape index (κ3) is 5.06. The lowest BCUT2D eigenvalue weighted by molar-refractivity contribution is 0.176. The number of carbonyl (C=O) groups excluding carboxylic acids is 1. The maximum absolute atomic E-state index is 11.3. The van der Waals surface area contributed by atoms with E-state index >= 15 is 0 Å². The number of aromatic hydroxyl groups is 1. The van der Waals surface area contributed by atoms with Crippen LogP contribution in [0.4, 0.5) is 4.79 Å². The summed E-state index contributed by atoms with van der Waals surface area (Å²) in [5, 5.41) is 12.1. The highest BCUT2D eigenvalue weighted by molar-refractivity contribution is 5.69. The minimum absolute atomic E-state index is 0.142. The number of benzene rings is 1. The lowest BCUT2D eigenvalue weighted by Crippen LogP contribution is -2.40. The molecule has 0 saturated heterocycles. The average Bonchev–Trinajstić information content (AvgIpc) is 2.18. The first-order valence-electron chi connectivity index (χ1n) is 5.32. The molecule has 2 N–H and O–H groups in total. The fourth-order valence-electron chi connectivity index (χ4n) is 1.13. The number of hydrogen-bond acceptors (Lipinski definition) is 3. The first-order valence-corrected chi connectivity index (χ1v) is 5.32. The smallest absolute Gasteiger partial charge is 0.412 e. The van der Waals surface area contributed by atoms with Crippen LogP contribution in [0.2, 0.25) is 0 Å². The van der Waals surface area contributed by atoms with Crippen molar-refractivity contribution in [1.29, 1.82) is 0 Å². The summed E-state index contributed by atoms with van der Waals surface area (Å²) < 4.78 is 4.84. The molecule has 1 aromatic carbocycles. The largest absolute Gasteiger partial charge is 0.507 e. The molecule has 0 atom stereocenters. The van der Waals surface area contributed by atoms with E-state index in [1.54, 1.807) is 24.3 Å². The van der Waals surface area contributed by atoms with Gasteiger partial charge in [0.2, 0.25) is 0 Å². The molecule has 0 aliphatic heterocycles. The summed E-state index contributed by atoms with van der Waals surface area (Å²) in [6.07, 6.45) is 2.25. The fraction of sp³-hybridized carbons (Fsp3) is 0.308. The predicted octanol–water partition coefficient (Wildman–Crippen LogP) is 2.89. The van der Waals surface area contributed by atoms with Crippen LogP contribution in [-0.2, 0) is 4.74 Å². The van der Waals surface area contributed by atoms with Gasteiger partial charge in [-0.3, -0.25) is 0 Å². The number of ether oxygens (including phenoxy) is 1. The predicted molar refractivity (Wildman–Crippen MR) is 66.5 cm³/mol. The summed E-state index contributed by atoms with van der Waals surface area (Å²) in [4.78, 5) is 11.3. The van der Waals surface area contributed by atoms with E-state index in [4.69, 9.17) is 4.74 Å². The van der Waals surface area contributed by atoms with E-state index < -0.39 is 6.09 Å². The van der Waals surface area contributed by atoms with Gasteiger partial charge in [-0.1, -0.05) is 18.2 Å². The molecule has 0 radical (unpaired) electrons. The van der Waals surface area contributed by atoms with Crippen molar-refractivity contribution in [3.63, 3.8) is 0 Å². The number of amides is 1. The molecule has 0 aliphatic carbocycles. The molecule has 17 heavy (non-hydrogen) atoms. The Labute approximate surface area is 101 Å². The normalized spacial score (nSPS) is 11.5. The second kappa shape index (κ2) is 5.39. The van der Waals surface area contributed by atoms with Crippen molar-refractivity contribution in [2.75, 3.05) is 0 Å². The van der Waals surface area contributed by atoms with Crippen molar-refractivity contribution in [2.45, 2.75) is 26.3 Å². The highest BCUT2D eigenvalue weighted by Gasteiger charge is 2.13. The molecule has 0 bridgehead atoms. The SMILES string of the molecule is CC(C)(C)NC(=O)OC=Cc1ccccc1O. The van der Waals surface area contributed by atoms with Gasteiger partial charge in [0.05, 0.1) is 6.26 Å². The summed E-state index contributed by atoms with van der Waals surface area (Å²) in [5.74, 6) is 0.142. The Morgan fingerprint density at radius 2 is 2.00 bits per heavy atom. The van der Waals surface area contributed by atoms with Crippen molar-refractivity contribution in [3.05, 3.63) is 36.1 Å². The van der Waals surface area contributed by atoms with Crippen molar-refractivity contribution in [1.82, 2.24) is 5.32 Å². The van der Waals surface area contributed by atoms with Gasteiger partial charge in [0, 0.05) is 11.1 Å². The molecule has 4 nitrogen and oxygen atoms in total. The Balaban J connectivity index is 2.51. The Morgan fingerprint density at radius 3 is 2.59 bits per heavy atom. The standard InChI is InChI=1S/C13H17NO3/c1-13(2,3)14-12(16)17-9-8-10-6-4-5-7-11(10)15/h4-9,15H,1-3H3,(H,14,16). The van der Waals surface area contributed by atoms with Gasteiger partial charge in [0.1, 0.15) is 5.75 Å². The molecule has 1 amide bonds. The lowest BCUT2D eigenvalue weighted by atomic mass is 10.1. The maximum atomic E-state index is 11.3. The van der Waals surface area contributed by atoms with Crippen LogP contribution in [0, 0.1) is 0 Å². The summed E-state index contributed by atoms with van der Waals surface area (Å²) in [5.41, 5.74) is 0.260. The molecule has 0 heterocycles. The van der Waals surface area contributed by atoms with Gasteiger partial charge in [-0.15, -0.1) is 0 Å². The van der Waals surface area contributed by atoms with E-state index in [1.165, 1.54) is 12.3 Å². The third-order valence-electron chi connectivity index (χ3n) is 1.84. The minimum atomic E-state index is -0.524. The second-order valence-corrected chi connectivity index (χ2v) is 4.64. The zero-order valence-electron chi connectivity index (χ0n) is 10.2. The third-order valence-corrected chi connectivity index (χ3v) is 1.84. The Bertz CT molecular complexity index is 419. The van der Waals surface area contributed by atoms with Crippen LogP contribution >= 0.6 is 0 Å². The lowest BCUT2D eigenvalue weighted by Gasteiger charge is -2.18. The van der Waals surface area contributed by atoms with Gasteiger partial charge < -0.3 is 15.2 Å². The molecular weight excluding hydrogens is 218 g/mol. The number of phenols is 1. The molecule has 0 spiro atoms. The van der Waals surface area contributed by atoms with Crippen LogP contribution in [0.5, 0.6) is 5.75 Å². The number of carbonyl (C=O) groups is 1. The van der Waals surface area contributed by atoms with Gasteiger partial charge >= 0.3 is 6.09 Å². The number of para-hydroxylation sites is 1. The van der Waals surface area contributed by atoms with Gasteiger partial charge in [-0.05, 0) is 32.9 Å². The van der Waals surface area contributed by atoms with Crippen LogP contribution < -0.4 is 5.32 Å². The van der Waals surface area contributed by atoms with E-state index in [1.807, 2.05) is 20.8 Å². The van der Waals surface area contributed by atoms with Gasteiger partial charge in [0.25, 0.3) is 0 Å². The van der Waals surface area contributed by atoms with Gasteiger partial charge in [0.15, 0.2) is 0 Å². The fourth-order valence-corrected chi connectivity index (χ4v) is 1.13. The highest BCUT2D eigenvalue weighted by atomic mass is 16.5. The van der Waals surface area contributed by atoms with Crippen LogP contribution in [0.15, 0.2) is 30.5 Å². The van der Waals surface area contributed by atoms with Crippen LogP contribution in [0.3, 0.4) is 0 Å². The molecule has 0 fully saturated rings. The first kappa shape index (κ1) is 13.1. The number of nitrogens with one attached hydrogen (secondary N) is 1. The van der Waals surface area contributed by atoms with Crippen molar-refractivity contribution in [3.8, 4) is 5.75 Å². The van der Waals surface area contributed by atoms with E-state index in [0.717, 1.165) is 0 Å². The topological polar surface area (TPSA) is 58.6 Å². The summed E-state index contributed by atoms with van der Waals surface area (Å²) in [7, 11) is 0. The molecule has 4 heteroatoms. The van der Waals surface area contributed by atoms with Crippen LogP contribution in [0.1, 0.15) is 26.3 Å². The van der Waals surface area contributed by atoms with Gasteiger partial charge in [-0.2, -0.15) is 0 Å². The molecule has 92 valence electrons. The Hall–Kier alpha value is -1.97. The summed E-state index contributed by atoms with van der Waals surface area (Å²) in [6, 6.07) is 6.79. The molecule has 0 aliphatic rings. The number of rotatable bonds is 2. The molecule has 0 saturated carbocycles. The van der Waals surface area contributed by atoms with E-state index in [9.17, 15) is 9.90 Å². The average molecular weight is 235 g/mol. The molecular formula is C13H17NO3. The second-order valence-electron chi connectivity index (χ2n) is 4.64. The monoisotopic (exact) mass is 235 g/mol. The van der Waals surface area contributed by atoms with E-state index in [-0.39, 0.29) is 11.3 Å². The maximum Gasteiger partial charge on any atom is 0.412 e. The zero-order chi connectivity index (χ0) is 12.9. The number of phenolic OH excluding ortho intramolecular Hbond substituents is 1. The summed E-state index contributed by atoms with van der Waals surface area (Å²) >= 11 is 0. The quantitative estimate of drug-likeness (QED) is 0.775. The van der Waals surface area contributed by atoms with Gasteiger partial charge in [-0.25, -0.2) is 4.79 Å². The van der Waals surface area contributed by atoms with Crippen LogP contribution in [0.25, 0.3) is 6.08 Å². The van der Waals surface area contributed by atoms with E-state index in [2.05, 4.69) is 5.32 Å². The van der Waals surface area contributed by atoms with E-state index in [0.29, 0.717) is 5.56 Å².